The average Bonchev–Trinajstić information content (AvgIpc) is 2.41. The number of hydrogen-bond donors (Lipinski definition) is 2. The predicted molar refractivity (Wildman–Crippen MR) is 82.1 cm³/mol. The van der Waals surface area contributed by atoms with Crippen LogP contribution in [0, 0.1) is 5.41 Å². The van der Waals surface area contributed by atoms with Crippen molar-refractivity contribution in [2.24, 2.45) is 5.41 Å². The Bertz CT molecular complexity index is 495. The highest BCUT2D eigenvalue weighted by Gasteiger charge is 2.31. The van der Waals surface area contributed by atoms with Crippen molar-refractivity contribution in [3.05, 3.63) is 22.7 Å². The Morgan fingerprint density at radius 1 is 1.55 bits per heavy atom. The largest absolute Gasteiger partial charge is 0.364 e. The zero-order valence-electron chi connectivity index (χ0n) is 12.8. The molecule has 1 fully saturated rings. The van der Waals surface area contributed by atoms with E-state index >= 15 is 0 Å². The van der Waals surface area contributed by atoms with E-state index in [-0.39, 0.29) is 11.0 Å². The maximum atomic E-state index is 12.2. The summed E-state index contributed by atoms with van der Waals surface area (Å²) in [5.41, 5.74) is 0.227. The molecule has 0 spiro atoms. The average molecular weight is 278 g/mol. The molecule has 0 bridgehead atoms. The van der Waals surface area contributed by atoms with Crippen LogP contribution in [-0.4, -0.2) is 28.7 Å². The summed E-state index contributed by atoms with van der Waals surface area (Å²) in [4.78, 5) is 16.4. The fourth-order valence-electron chi connectivity index (χ4n) is 2.80. The van der Waals surface area contributed by atoms with Gasteiger partial charge in [-0.1, -0.05) is 20.8 Å². The monoisotopic (exact) mass is 278 g/mol. The second-order valence-corrected chi connectivity index (χ2v) is 6.25. The van der Waals surface area contributed by atoms with Crippen molar-refractivity contribution in [3.63, 3.8) is 0 Å². The summed E-state index contributed by atoms with van der Waals surface area (Å²) in [6, 6.07) is 0.372. The van der Waals surface area contributed by atoms with Gasteiger partial charge in [0, 0.05) is 31.5 Å². The van der Waals surface area contributed by atoms with Crippen LogP contribution in [0.2, 0.25) is 0 Å². The fourth-order valence-corrected chi connectivity index (χ4v) is 2.80. The molecular formula is C15H26N4O. The molecule has 2 heterocycles. The van der Waals surface area contributed by atoms with Crippen molar-refractivity contribution in [1.29, 1.82) is 0 Å². The number of piperidine rings is 1. The summed E-state index contributed by atoms with van der Waals surface area (Å²) in [5, 5.41) is 6.77. The van der Waals surface area contributed by atoms with Gasteiger partial charge >= 0.3 is 0 Å². The first-order valence-corrected chi connectivity index (χ1v) is 7.57. The highest BCUT2D eigenvalue weighted by molar-refractivity contribution is 5.31. The van der Waals surface area contributed by atoms with Crippen molar-refractivity contribution in [1.82, 2.24) is 14.9 Å². The minimum Gasteiger partial charge on any atom is -0.364 e. The number of rotatable bonds is 5. The number of nitrogens with one attached hydrogen (secondary N) is 2. The van der Waals surface area contributed by atoms with Crippen LogP contribution in [0.25, 0.3) is 0 Å². The normalized spacial score (nSPS) is 21.6. The van der Waals surface area contributed by atoms with E-state index < -0.39 is 0 Å². The molecule has 1 atom stereocenters. The van der Waals surface area contributed by atoms with Crippen molar-refractivity contribution in [3.8, 4) is 0 Å². The standard InChI is InChI=1S/C15H26N4O/c1-4-9-19-10-8-17-13(14(19)20)18-11-12-15(2,3)6-5-7-16-12/h8,10,12,16H,4-7,9,11H2,1-3H3,(H,17,18). The lowest BCUT2D eigenvalue weighted by Crippen LogP contribution is -2.50. The van der Waals surface area contributed by atoms with Crippen molar-refractivity contribution in [2.45, 2.75) is 52.6 Å². The van der Waals surface area contributed by atoms with E-state index in [0.29, 0.717) is 11.9 Å². The zero-order chi connectivity index (χ0) is 14.6. The SMILES string of the molecule is CCCn1ccnc(NCC2NCCCC2(C)C)c1=O. The van der Waals surface area contributed by atoms with Crippen molar-refractivity contribution >= 4 is 5.82 Å². The number of aromatic nitrogens is 2. The Labute approximate surface area is 120 Å². The summed E-state index contributed by atoms with van der Waals surface area (Å²) in [6.45, 7) is 9.15. The molecule has 0 radical (unpaired) electrons. The maximum absolute atomic E-state index is 12.2. The molecule has 0 saturated carbocycles. The second kappa shape index (κ2) is 6.39. The third-order valence-electron chi connectivity index (χ3n) is 4.18. The molecule has 1 aromatic heterocycles. The minimum absolute atomic E-state index is 0.0250. The van der Waals surface area contributed by atoms with E-state index in [4.69, 9.17) is 0 Å². The lowest BCUT2D eigenvalue weighted by atomic mass is 9.77. The first-order valence-electron chi connectivity index (χ1n) is 7.57. The van der Waals surface area contributed by atoms with Crippen LogP contribution < -0.4 is 16.2 Å². The van der Waals surface area contributed by atoms with Gasteiger partial charge in [0.2, 0.25) is 0 Å². The Kier molecular flexibility index (Phi) is 4.81. The highest BCUT2D eigenvalue weighted by atomic mass is 16.1. The maximum Gasteiger partial charge on any atom is 0.293 e. The van der Waals surface area contributed by atoms with Crippen LogP contribution in [0.3, 0.4) is 0 Å². The zero-order valence-corrected chi connectivity index (χ0v) is 12.8. The molecule has 1 aliphatic heterocycles. The van der Waals surface area contributed by atoms with Crippen LogP contribution in [0.5, 0.6) is 0 Å². The summed E-state index contributed by atoms with van der Waals surface area (Å²) >= 11 is 0. The van der Waals surface area contributed by atoms with E-state index in [1.807, 2.05) is 0 Å². The molecule has 20 heavy (non-hydrogen) atoms. The van der Waals surface area contributed by atoms with Gasteiger partial charge in [0.05, 0.1) is 0 Å². The van der Waals surface area contributed by atoms with Gasteiger partial charge in [-0.25, -0.2) is 4.98 Å². The lowest BCUT2D eigenvalue weighted by molar-refractivity contribution is 0.188. The van der Waals surface area contributed by atoms with Crippen molar-refractivity contribution in [2.75, 3.05) is 18.4 Å². The number of nitrogens with zero attached hydrogens (tertiary/aromatic N) is 2. The summed E-state index contributed by atoms with van der Waals surface area (Å²) in [6.07, 6.45) is 6.82. The Morgan fingerprint density at radius 3 is 3.05 bits per heavy atom. The molecule has 0 aromatic carbocycles. The van der Waals surface area contributed by atoms with E-state index in [2.05, 4.69) is 36.4 Å². The van der Waals surface area contributed by atoms with Crippen LogP contribution in [-0.2, 0) is 6.54 Å². The van der Waals surface area contributed by atoms with Gasteiger partial charge in [-0.3, -0.25) is 4.79 Å². The van der Waals surface area contributed by atoms with E-state index in [1.165, 1.54) is 12.8 Å². The van der Waals surface area contributed by atoms with Crippen LogP contribution in [0.4, 0.5) is 5.82 Å². The first kappa shape index (κ1) is 15.0. The van der Waals surface area contributed by atoms with E-state index in [1.54, 1.807) is 17.0 Å². The molecule has 1 unspecified atom stereocenters. The lowest BCUT2D eigenvalue weighted by Gasteiger charge is -2.39. The molecule has 0 aliphatic carbocycles. The molecule has 5 nitrogen and oxygen atoms in total. The number of anilines is 1. The highest BCUT2D eigenvalue weighted by Crippen LogP contribution is 2.29. The Morgan fingerprint density at radius 2 is 2.35 bits per heavy atom. The minimum atomic E-state index is -0.0250. The van der Waals surface area contributed by atoms with Crippen LogP contribution in [0.1, 0.15) is 40.0 Å². The van der Waals surface area contributed by atoms with Gasteiger partial charge in [-0.15, -0.1) is 0 Å². The number of hydrogen-bond acceptors (Lipinski definition) is 4. The first-order chi connectivity index (χ1) is 9.54. The van der Waals surface area contributed by atoms with Gasteiger partial charge in [0.25, 0.3) is 5.56 Å². The van der Waals surface area contributed by atoms with Gasteiger partial charge in [-0.05, 0) is 31.2 Å². The molecule has 1 aromatic rings. The molecular weight excluding hydrogens is 252 g/mol. The van der Waals surface area contributed by atoms with Gasteiger partial charge < -0.3 is 15.2 Å². The van der Waals surface area contributed by atoms with Crippen LogP contribution >= 0.6 is 0 Å². The second-order valence-electron chi connectivity index (χ2n) is 6.25. The molecule has 2 N–H and O–H groups in total. The molecule has 0 amide bonds. The predicted octanol–water partition coefficient (Wildman–Crippen LogP) is 1.84. The summed E-state index contributed by atoms with van der Waals surface area (Å²) in [5.74, 6) is 0.462. The molecule has 5 heteroatoms. The molecule has 1 aliphatic rings. The molecule has 112 valence electrons. The fraction of sp³-hybridized carbons (Fsp3) is 0.733. The van der Waals surface area contributed by atoms with Gasteiger partial charge in [-0.2, -0.15) is 0 Å². The molecule has 2 rings (SSSR count). The topological polar surface area (TPSA) is 59.0 Å². The number of aryl methyl sites for hydroxylation is 1. The van der Waals surface area contributed by atoms with Gasteiger partial charge in [0.1, 0.15) is 0 Å². The third kappa shape index (κ3) is 3.39. The van der Waals surface area contributed by atoms with E-state index in [0.717, 1.165) is 26.1 Å². The Balaban J connectivity index is 2.04. The summed E-state index contributed by atoms with van der Waals surface area (Å²) < 4.78 is 1.72. The molecule has 1 saturated heterocycles. The third-order valence-corrected chi connectivity index (χ3v) is 4.18. The quantitative estimate of drug-likeness (QED) is 0.863. The smallest absolute Gasteiger partial charge is 0.293 e. The summed E-state index contributed by atoms with van der Waals surface area (Å²) in [7, 11) is 0. The van der Waals surface area contributed by atoms with Crippen LogP contribution in [0.15, 0.2) is 17.2 Å². The van der Waals surface area contributed by atoms with Gasteiger partial charge in [0.15, 0.2) is 5.82 Å². The van der Waals surface area contributed by atoms with E-state index in [9.17, 15) is 4.79 Å². The van der Waals surface area contributed by atoms with Crippen molar-refractivity contribution < 1.29 is 0 Å². The Hall–Kier alpha value is -1.36.